The Labute approximate surface area is 115 Å². The van der Waals surface area contributed by atoms with Gasteiger partial charge in [-0.2, -0.15) is 0 Å². The van der Waals surface area contributed by atoms with Crippen molar-refractivity contribution < 1.29 is 9.59 Å². The first-order valence-electron chi connectivity index (χ1n) is 7.32. The Bertz CT molecular complexity index is 364. The standard InChI is InChI=1S/C14H25N3O2/c1-3-12(18)16-7-4-8-17(10-9-16)13(19)14(2,15)11-5-6-11/h11H,3-10,15H2,1-2H3. The summed E-state index contributed by atoms with van der Waals surface area (Å²) in [6, 6.07) is 0. The number of nitrogens with two attached hydrogens (primary N) is 1. The molecule has 2 N–H and O–H groups in total. The van der Waals surface area contributed by atoms with E-state index in [2.05, 4.69) is 0 Å². The highest BCUT2D eigenvalue weighted by Crippen LogP contribution is 2.39. The predicted octanol–water partition coefficient (Wildman–Crippen LogP) is 0.585. The maximum atomic E-state index is 12.5. The molecule has 0 aromatic heterocycles. The van der Waals surface area contributed by atoms with Gasteiger partial charge >= 0.3 is 0 Å². The largest absolute Gasteiger partial charge is 0.341 e. The Morgan fingerprint density at radius 1 is 1.16 bits per heavy atom. The zero-order valence-corrected chi connectivity index (χ0v) is 12.0. The molecule has 0 aromatic carbocycles. The van der Waals surface area contributed by atoms with Gasteiger partial charge in [0.25, 0.3) is 0 Å². The first-order valence-corrected chi connectivity index (χ1v) is 7.32. The van der Waals surface area contributed by atoms with E-state index in [1.807, 2.05) is 23.6 Å². The van der Waals surface area contributed by atoms with E-state index in [1.165, 1.54) is 0 Å². The number of nitrogens with zero attached hydrogens (tertiary/aromatic N) is 2. The molecule has 1 aliphatic heterocycles. The van der Waals surface area contributed by atoms with Gasteiger partial charge in [0.15, 0.2) is 0 Å². The molecule has 1 unspecified atom stereocenters. The van der Waals surface area contributed by atoms with E-state index in [0.717, 1.165) is 25.8 Å². The lowest BCUT2D eigenvalue weighted by atomic mass is 9.95. The Morgan fingerprint density at radius 2 is 1.74 bits per heavy atom. The van der Waals surface area contributed by atoms with Crippen LogP contribution in [0.5, 0.6) is 0 Å². The highest BCUT2D eigenvalue weighted by Gasteiger charge is 2.46. The van der Waals surface area contributed by atoms with Crippen molar-refractivity contribution in [1.82, 2.24) is 9.80 Å². The van der Waals surface area contributed by atoms with Gasteiger partial charge in [-0.25, -0.2) is 0 Å². The third-order valence-corrected chi connectivity index (χ3v) is 4.32. The predicted molar refractivity (Wildman–Crippen MR) is 73.4 cm³/mol. The summed E-state index contributed by atoms with van der Waals surface area (Å²) in [4.78, 5) is 27.9. The topological polar surface area (TPSA) is 66.6 Å². The van der Waals surface area contributed by atoms with Gasteiger partial charge in [0, 0.05) is 32.6 Å². The molecule has 0 spiro atoms. The Balaban J connectivity index is 1.95. The molecule has 1 atom stereocenters. The van der Waals surface area contributed by atoms with E-state index in [0.29, 0.717) is 32.0 Å². The average molecular weight is 267 g/mol. The van der Waals surface area contributed by atoms with Crippen molar-refractivity contribution in [3.05, 3.63) is 0 Å². The van der Waals surface area contributed by atoms with Crippen molar-refractivity contribution in [2.45, 2.75) is 45.1 Å². The number of hydrogen-bond acceptors (Lipinski definition) is 3. The van der Waals surface area contributed by atoms with Crippen LogP contribution < -0.4 is 5.73 Å². The molecule has 0 bridgehead atoms. The molecule has 1 aliphatic carbocycles. The van der Waals surface area contributed by atoms with Crippen LogP contribution in [0.1, 0.15) is 39.5 Å². The highest BCUT2D eigenvalue weighted by atomic mass is 16.2. The van der Waals surface area contributed by atoms with Crippen LogP contribution in [0.15, 0.2) is 0 Å². The fraction of sp³-hybridized carbons (Fsp3) is 0.857. The van der Waals surface area contributed by atoms with Gasteiger partial charge in [-0.1, -0.05) is 6.92 Å². The molecule has 5 nitrogen and oxygen atoms in total. The molecule has 0 aromatic rings. The van der Waals surface area contributed by atoms with Crippen LogP contribution in [0.4, 0.5) is 0 Å². The summed E-state index contributed by atoms with van der Waals surface area (Å²) in [6.45, 7) is 6.45. The summed E-state index contributed by atoms with van der Waals surface area (Å²) in [5.41, 5.74) is 5.48. The van der Waals surface area contributed by atoms with Crippen molar-refractivity contribution in [1.29, 1.82) is 0 Å². The van der Waals surface area contributed by atoms with Crippen LogP contribution in [0.25, 0.3) is 0 Å². The number of rotatable bonds is 3. The summed E-state index contributed by atoms with van der Waals surface area (Å²) in [6.07, 6.45) is 3.50. The van der Waals surface area contributed by atoms with Crippen LogP contribution in [0.2, 0.25) is 0 Å². The lowest BCUT2D eigenvalue weighted by Gasteiger charge is -2.31. The van der Waals surface area contributed by atoms with Crippen molar-refractivity contribution in [2.75, 3.05) is 26.2 Å². The Hall–Kier alpha value is -1.10. The molecular formula is C14H25N3O2. The average Bonchev–Trinajstić information content (AvgIpc) is 3.22. The number of hydrogen-bond donors (Lipinski definition) is 1. The van der Waals surface area contributed by atoms with E-state index >= 15 is 0 Å². The monoisotopic (exact) mass is 267 g/mol. The lowest BCUT2D eigenvalue weighted by molar-refractivity contribution is -0.137. The van der Waals surface area contributed by atoms with Crippen LogP contribution >= 0.6 is 0 Å². The number of amides is 2. The number of carbonyl (C=O) groups is 2. The molecule has 108 valence electrons. The Kier molecular flexibility index (Phi) is 4.13. The second-order valence-corrected chi connectivity index (χ2v) is 5.94. The molecule has 2 rings (SSSR count). The first kappa shape index (κ1) is 14.3. The van der Waals surface area contributed by atoms with Gasteiger partial charge in [-0.05, 0) is 32.1 Å². The molecule has 19 heavy (non-hydrogen) atoms. The second kappa shape index (κ2) is 5.49. The third-order valence-electron chi connectivity index (χ3n) is 4.32. The molecule has 0 radical (unpaired) electrons. The zero-order valence-electron chi connectivity index (χ0n) is 12.0. The summed E-state index contributed by atoms with van der Waals surface area (Å²) < 4.78 is 0. The molecular weight excluding hydrogens is 242 g/mol. The van der Waals surface area contributed by atoms with Gasteiger partial charge in [0.05, 0.1) is 5.54 Å². The van der Waals surface area contributed by atoms with Gasteiger partial charge in [-0.15, -0.1) is 0 Å². The fourth-order valence-corrected chi connectivity index (χ4v) is 2.79. The minimum atomic E-state index is -0.718. The molecule has 2 fully saturated rings. The maximum Gasteiger partial charge on any atom is 0.242 e. The highest BCUT2D eigenvalue weighted by molar-refractivity contribution is 5.86. The van der Waals surface area contributed by atoms with E-state index in [-0.39, 0.29) is 11.8 Å². The van der Waals surface area contributed by atoms with E-state index in [1.54, 1.807) is 0 Å². The van der Waals surface area contributed by atoms with Crippen LogP contribution in [-0.4, -0.2) is 53.3 Å². The molecule has 1 saturated heterocycles. The maximum absolute atomic E-state index is 12.5. The normalized spacial score (nSPS) is 23.7. The van der Waals surface area contributed by atoms with Crippen molar-refractivity contribution in [3.8, 4) is 0 Å². The van der Waals surface area contributed by atoms with E-state index < -0.39 is 5.54 Å². The van der Waals surface area contributed by atoms with Crippen molar-refractivity contribution >= 4 is 11.8 Å². The van der Waals surface area contributed by atoms with Crippen LogP contribution in [-0.2, 0) is 9.59 Å². The molecule has 5 heteroatoms. The minimum absolute atomic E-state index is 0.0563. The van der Waals surface area contributed by atoms with Gasteiger partial charge < -0.3 is 15.5 Å². The van der Waals surface area contributed by atoms with Gasteiger partial charge in [-0.3, -0.25) is 9.59 Å². The molecule has 2 aliphatic rings. The van der Waals surface area contributed by atoms with Crippen LogP contribution in [0, 0.1) is 5.92 Å². The summed E-state index contributed by atoms with van der Waals surface area (Å²) in [7, 11) is 0. The lowest BCUT2D eigenvalue weighted by Crippen LogP contribution is -2.55. The summed E-state index contributed by atoms with van der Waals surface area (Å²) in [5.74, 6) is 0.574. The van der Waals surface area contributed by atoms with Crippen molar-refractivity contribution in [2.24, 2.45) is 11.7 Å². The van der Waals surface area contributed by atoms with E-state index in [4.69, 9.17) is 5.73 Å². The summed E-state index contributed by atoms with van der Waals surface area (Å²) >= 11 is 0. The Morgan fingerprint density at radius 3 is 2.32 bits per heavy atom. The quantitative estimate of drug-likeness (QED) is 0.813. The third kappa shape index (κ3) is 3.08. The van der Waals surface area contributed by atoms with Gasteiger partial charge in [0.2, 0.25) is 11.8 Å². The second-order valence-electron chi connectivity index (χ2n) is 5.94. The smallest absolute Gasteiger partial charge is 0.242 e. The number of carbonyl (C=O) groups excluding carboxylic acids is 2. The minimum Gasteiger partial charge on any atom is -0.341 e. The zero-order chi connectivity index (χ0) is 14.0. The fourth-order valence-electron chi connectivity index (χ4n) is 2.79. The van der Waals surface area contributed by atoms with E-state index in [9.17, 15) is 9.59 Å². The van der Waals surface area contributed by atoms with Crippen molar-refractivity contribution in [3.63, 3.8) is 0 Å². The molecule has 1 saturated carbocycles. The summed E-state index contributed by atoms with van der Waals surface area (Å²) in [5, 5.41) is 0. The van der Waals surface area contributed by atoms with Crippen LogP contribution in [0.3, 0.4) is 0 Å². The van der Waals surface area contributed by atoms with Gasteiger partial charge in [0.1, 0.15) is 0 Å². The molecule has 1 heterocycles. The first-order chi connectivity index (χ1) is 8.96. The SMILES string of the molecule is CCC(=O)N1CCCN(C(=O)C(C)(N)C2CC2)CC1. The molecule has 2 amide bonds.